The number of carbonyl (C=O) groups is 2. The highest BCUT2D eigenvalue weighted by Crippen LogP contribution is 2.24. The topological polar surface area (TPSA) is 52.6 Å². The Bertz CT molecular complexity index is 524. The quantitative estimate of drug-likeness (QED) is 0.435. The molecule has 1 aromatic rings. The minimum Gasteiger partial charge on any atom is -0.419 e. The molecule has 0 N–H and O–H groups in total. The zero-order valence-electron chi connectivity index (χ0n) is 9.90. The van der Waals surface area contributed by atoms with Crippen LogP contribution in [-0.2, 0) is 19.1 Å². The van der Waals surface area contributed by atoms with Crippen molar-refractivity contribution in [1.82, 2.24) is 0 Å². The summed E-state index contributed by atoms with van der Waals surface area (Å²) in [4.78, 5) is 23.2. The molecule has 1 aliphatic rings. The fraction of sp³-hybridized carbons (Fsp3) is 0.231. The molecule has 18 heavy (non-hydrogen) atoms. The molecule has 1 saturated heterocycles. The predicted molar refractivity (Wildman–Crippen MR) is 60.6 cm³/mol. The summed E-state index contributed by atoms with van der Waals surface area (Å²) >= 11 is 0. The minimum atomic E-state index is -1.29. The van der Waals surface area contributed by atoms with Gasteiger partial charge in [0.05, 0.1) is 0 Å². The van der Waals surface area contributed by atoms with Crippen molar-refractivity contribution < 1.29 is 23.5 Å². The van der Waals surface area contributed by atoms with Crippen LogP contribution >= 0.6 is 0 Å². The lowest BCUT2D eigenvalue weighted by atomic mass is 10.1. The molecule has 0 bridgehead atoms. The van der Waals surface area contributed by atoms with Crippen LogP contribution < -0.4 is 0 Å². The third-order valence-corrected chi connectivity index (χ3v) is 2.32. The SMILES string of the molecule is CC1(C)OC(=O)C(=Cc2ccccc2F)C(=O)O1. The van der Waals surface area contributed by atoms with E-state index in [1.807, 2.05) is 0 Å². The molecule has 1 fully saturated rings. The average Bonchev–Trinajstić information content (AvgIpc) is 2.24. The van der Waals surface area contributed by atoms with Gasteiger partial charge in [0.15, 0.2) is 0 Å². The molecule has 1 heterocycles. The van der Waals surface area contributed by atoms with Crippen LogP contribution in [0.25, 0.3) is 6.08 Å². The summed E-state index contributed by atoms with van der Waals surface area (Å²) in [5.41, 5.74) is -0.194. The van der Waals surface area contributed by atoms with Crippen molar-refractivity contribution in [3.63, 3.8) is 0 Å². The van der Waals surface area contributed by atoms with Gasteiger partial charge in [-0.2, -0.15) is 0 Å². The van der Waals surface area contributed by atoms with Crippen molar-refractivity contribution in [2.45, 2.75) is 19.6 Å². The van der Waals surface area contributed by atoms with Crippen molar-refractivity contribution in [3.05, 3.63) is 41.2 Å². The van der Waals surface area contributed by atoms with Crippen LogP contribution in [-0.4, -0.2) is 17.7 Å². The van der Waals surface area contributed by atoms with E-state index in [0.717, 1.165) is 6.08 Å². The number of hydrogen-bond acceptors (Lipinski definition) is 4. The van der Waals surface area contributed by atoms with Gasteiger partial charge in [0.1, 0.15) is 11.4 Å². The normalized spacial score (nSPS) is 18.1. The predicted octanol–water partition coefficient (Wildman–Crippen LogP) is 2.05. The first-order chi connectivity index (χ1) is 8.39. The maximum Gasteiger partial charge on any atom is 0.348 e. The lowest BCUT2D eigenvalue weighted by Crippen LogP contribution is -2.41. The maximum atomic E-state index is 13.4. The summed E-state index contributed by atoms with van der Waals surface area (Å²) in [7, 11) is 0. The van der Waals surface area contributed by atoms with E-state index in [-0.39, 0.29) is 11.1 Å². The maximum absolute atomic E-state index is 13.4. The van der Waals surface area contributed by atoms with Crippen molar-refractivity contribution in [3.8, 4) is 0 Å². The molecule has 0 atom stereocenters. The van der Waals surface area contributed by atoms with Crippen LogP contribution in [0.5, 0.6) is 0 Å². The average molecular weight is 250 g/mol. The number of rotatable bonds is 1. The van der Waals surface area contributed by atoms with E-state index in [4.69, 9.17) is 9.47 Å². The molecule has 0 radical (unpaired) electrons. The van der Waals surface area contributed by atoms with E-state index >= 15 is 0 Å². The molecule has 2 rings (SSSR count). The summed E-state index contributed by atoms with van der Waals surface area (Å²) in [6.07, 6.45) is 1.12. The number of esters is 2. The standard InChI is InChI=1S/C13H11FO4/c1-13(2)17-11(15)9(12(16)18-13)7-8-5-3-4-6-10(8)14/h3-7H,1-2H3. The first-order valence-corrected chi connectivity index (χ1v) is 5.32. The van der Waals surface area contributed by atoms with Crippen LogP contribution in [0.4, 0.5) is 4.39 Å². The van der Waals surface area contributed by atoms with Gasteiger partial charge in [-0.1, -0.05) is 18.2 Å². The second-order valence-corrected chi connectivity index (χ2v) is 4.26. The van der Waals surface area contributed by atoms with Crippen LogP contribution in [0.1, 0.15) is 19.4 Å². The van der Waals surface area contributed by atoms with E-state index < -0.39 is 23.5 Å². The zero-order valence-corrected chi connectivity index (χ0v) is 9.90. The van der Waals surface area contributed by atoms with Crippen molar-refractivity contribution >= 4 is 18.0 Å². The highest BCUT2D eigenvalue weighted by molar-refractivity contribution is 6.18. The van der Waals surface area contributed by atoms with Gasteiger partial charge >= 0.3 is 11.9 Å². The molecule has 0 amide bonds. The monoisotopic (exact) mass is 250 g/mol. The lowest BCUT2D eigenvalue weighted by molar-refractivity contribution is -0.222. The summed E-state index contributed by atoms with van der Waals surface area (Å²) in [5.74, 6) is -3.46. The third-order valence-electron chi connectivity index (χ3n) is 2.32. The van der Waals surface area contributed by atoms with Crippen molar-refractivity contribution in [1.29, 1.82) is 0 Å². The highest BCUT2D eigenvalue weighted by atomic mass is 19.1. The molecule has 4 nitrogen and oxygen atoms in total. The van der Waals surface area contributed by atoms with Gasteiger partial charge < -0.3 is 9.47 Å². The minimum absolute atomic E-state index is 0.126. The molecule has 0 spiro atoms. The number of cyclic esters (lactones) is 2. The van der Waals surface area contributed by atoms with Crippen LogP contribution in [0.15, 0.2) is 29.8 Å². The van der Waals surface area contributed by atoms with Crippen molar-refractivity contribution in [2.75, 3.05) is 0 Å². The van der Waals surface area contributed by atoms with E-state index in [2.05, 4.69) is 0 Å². The molecule has 1 aliphatic heterocycles. The van der Waals surface area contributed by atoms with Gasteiger partial charge in [0.25, 0.3) is 5.79 Å². The Labute approximate surface area is 103 Å². The molecular formula is C13H11FO4. The second kappa shape index (κ2) is 4.25. The number of benzene rings is 1. The zero-order chi connectivity index (χ0) is 13.3. The Morgan fingerprint density at radius 1 is 1.11 bits per heavy atom. The van der Waals surface area contributed by atoms with Gasteiger partial charge in [-0.25, -0.2) is 14.0 Å². The summed E-state index contributed by atoms with van der Waals surface area (Å²) in [6, 6.07) is 5.79. The van der Waals surface area contributed by atoms with Gasteiger partial charge in [-0.15, -0.1) is 0 Å². The summed E-state index contributed by atoms with van der Waals surface area (Å²) in [6.45, 7) is 2.89. The number of hydrogen-bond donors (Lipinski definition) is 0. The molecule has 0 aliphatic carbocycles. The molecule has 5 heteroatoms. The molecule has 94 valence electrons. The van der Waals surface area contributed by atoms with E-state index in [0.29, 0.717) is 0 Å². The smallest absolute Gasteiger partial charge is 0.348 e. The Kier molecular flexibility index (Phi) is 2.90. The van der Waals surface area contributed by atoms with Gasteiger partial charge in [-0.3, -0.25) is 0 Å². The van der Waals surface area contributed by atoms with E-state index in [1.54, 1.807) is 6.07 Å². The summed E-state index contributed by atoms with van der Waals surface area (Å²) in [5, 5.41) is 0. The van der Waals surface area contributed by atoms with Crippen LogP contribution in [0, 0.1) is 5.82 Å². The van der Waals surface area contributed by atoms with Gasteiger partial charge in [0, 0.05) is 19.4 Å². The Balaban J connectivity index is 2.37. The molecular weight excluding hydrogens is 239 g/mol. The Hall–Kier alpha value is -2.17. The number of ether oxygens (including phenoxy) is 2. The Morgan fingerprint density at radius 3 is 2.22 bits per heavy atom. The van der Waals surface area contributed by atoms with Gasteiger partial charge in [0.2, 0.25) is 0 Å². The molecule has 0 saturated carbocycles. The second-order valence-electron chi connectivity index (χ2n) is 4.26. The summed E-state index contributed by atoms with van der Waals surface area (Å²) < 4.78 is 23.2. The fourth-order valence-electron chi connectivity index (χ4n) is 1.53. The molecule has 1 aromatic carbocycles. The largest absolute Gasteiger partial charge is 0.419 e. The highest BCUT2D eigenvalue weighted by Gasteiger charge is 2.38. The number of carbonyl (C=O) groups excluding carboxylic acids is 2. The van der Waals surface area contributed by atoms with Crippen LogP contribution in [0.3, 0.4) is 0 Å². The van der Waals surface area contributed by atoms with Gasteiger partial charge in [-0.05, 0) is 12.1 Å². The van der Waals surface area contributed by atoms with E-state index in [9.17, 15) is 14.0 Å². The number of halogens is 1. The van der Waals surface area contributed by atoms with Crippen LogP contribution in [0.2, 0.25) is 0 Å². The first-order valence-electron chi connectivity index (χ1n) is 5.32. The molecule has 0 unspecified atom stereocenters. The first kappa shape index (κ1) is 12.3. The van der Waals surface area contributed by atoms with E-state index in [1.165, 1.54) is 32.0 Å². The third kappa shape index (κ3) is 2.40. The molecule has 0 aromatic heterocycles. The Morgan fingerprint density at radius 2 is 1.67 bits per heavy atom. The lowest BCUT2D eigenvalue weighted by Gasteiger charge is -2.29. The van der Waals surface area contributed by atoms with Crippen molar-refractivity contribution in [2.24, 2.45) is 0 Å². The fourth-order valence-corrected chi connectivity index (χ4v) is 1.53.